The number of hydrogen-bond acceptors (Lipinski definition) is 5. The average molecular weight is 457 g/mol. The van der Waals surface area contributed by atoms with Crippen LogP contribution < -0.4 is 10.0 Å². The highest BCUT2D eigenvalue weighted by atomic mass is 32.2. The maximum atomic E-state index is 12.7. The smallest absolute Gasteiger partial charge is 0.451 e. The van der Waals surface area contributed by atoms with Crippen LogP contribution in [-0.4, -0.2) is 49.9 Å². The fourth-order valence-corrected chi connectivity index (χ4v) is 4.88. The van der Waals surface area contributed by atoms with E-state index in [4.69, 9.17) is 4.42 Å². The van der Waals surface area contributed by atoms with E-state index in [0.29, 0.717) is 11.5 Å². The second kappa shape index (κ2) is 7.86. The standard InChI is InChI=1S/C20H22F3N3O4S/c1-12-18(13-7-9-26(12)10-8-13)24-19(27)17-6-5-16(30-17)14-3-2-4-15(11-14)25-31(28,29)20(21,22)23/h2-6,11-13,18,25H,7-10H2,1H3,(H,24,27)/t12-,18+/m1/s1. The van der Waals surface area contributed by atoms with E-state index < -0.39 is 15.5 Å². The Morgan fingerprint density at radius 3 is 2.52 bits per heavy atom. The molecule has 2 bridgehead atoms. The molecule has 5 rings (SSSR count). The Bertz CT molecular complexity index is 1070. The average Bonchev–Trinajstić information content (AvgIpc) is 3.20. The van der Waals surface area contributed by atoms with Crippen LogP contribution in [0.15, 0.2) is 40.8 Å². The third-order valence-electron chi connectivity index (χ3n) is 6.01. The predicted octanol–water partition coefficient (Wildman–Crippen LogP) is 3.42. The number of nitrogens with one attached hydrogen (secondary N) is 2. The van der Waals surface area contributed by atoms with Gasteiger partial charge in [0.1, 0.15) is 5.76 Å². The number of sulfonamides is 1. The van der Waals surface area contributed by atoms with Crippen LogP contribution in [0.4, 0.5) is 18.9 Å². The van der Waals surface area contributed by atoms with Crippen molar-refractivity contribution < 1.29 is 30.8 Å². The summed E-state index contributed by atoms with van der Waals surface area (Å²) in [5, 5.41) is 3.05. The van der Waals surface area contributed by atoms with Gasteiger partial charge in [-0.2, -0.15) is 21.6 Å². The first-order valence-electron chi connectivity index (χ1n) is 9.89. The van der Waals surface area contributed by atoms with E-state index in [1.54, 1.807) is 6.07 Å². The molecule has 168 valence electrons. The largest absolute Gasteiger partial charge is 0.516 e. The quantitative estimate of drug-likeness (QED) is 0.718. The van der Waals surface area contributed by atoms with Crippen LogP contribution in [0.1, 0.15) is 30.3 Å². The van der Waals surface area contributed by atoms with Gasteiger partial charge in [-0.1, -0.05) is 12.1 Å². The molecule has 3 aliphatic rings. The lowest BCUT2D eigenvalue weighted by molar-refractivity contribution is -0.0429. The molecular formula is C20H22F3N3O4S. The minimum Gasteiger partial charge on any atom is -0.451 e. The van der Waals surface area contributed by atoms with Crippen molar-refractivity contribution in [3.8, 4) is 11.3 Å². The van der Waals surface area contributed by atoms with Crippen molar-refractivity contribution in [3.05, 3.63) is 42.2 Å². The number of rotatable bonds is 5. The second-order valence-electron chi connectivity index (χ2n) is 7.91. The first-order chi connectivity index (χ1) is 14.5. The third-order valence-corrected chi connectivity index (χ3v) is 7.12. The molecule has 0 unspecified atom stereocenters. The molecule has 1 aromatic heterocycles. The van der Waals surface area contributed by atoms with Gasteiger partial charge in [-0.05, 0) is 63.0 Å². The number of halogens is 3. The summed E-state index contributed by atoms with van der Waals surface area (Å²) in [4.78, 5) is 15.1. The van der Waals surface area contributed by atoms with Crippen molar-refractivity contribution in [1.29, 1.82) is 0 Å². The van der Waals surface area contributed by atoms with Crippen molar-refractivity contribution in [2.45, 2.75) is 37.4 Å². The summed E-state index contributed by atoms with van der Waals surface area (Å²) >= 11 is 0. The van der Waals surface area contributed by atoms with Crippen molar-refractivity contribution in [2.24, 2.45) is 5.92 Å². The number of hydrogen-bond donors (Lipinski definition) is 2. The molecule has 3 aliphatic heterocycles. The lowest BCUT2D eigenvalue weighted by Crippen LogP contribution is -2.62. The Balaban J connectivity index is 1.48. The fourth-order valence-electron chi connectivity index (χ4n) is 4.33. The molecule has 0 spiro atoms. The number of piperidine rings is 3. The Morgan fingerprint density at radius 2 is 1.87 bits per heavy atom. The van der Waals surface area contributed by atoms with Gasteiger partial charge in [-0.3, -0.25) is 14.4 Å². The molecule has 2 atom stereocenters. The van der Waals surface area contributed by atoms with Crippen LogP contribution in [0.3, 0.4) is 0 Å². The molecule has 1 aromatic carbocycles. The minimum atomic E-state index is -5.53. The lowest BCUT2D eigenvalue weighted by atomic mass is 9.79. The maximum absolute atomic E-state index is 12.7. The summed E-state index contributed by atoms with van der Waals surface area (Å²) in [5.74, 6) is 0.391. The van der Waals surface area contributed by atoms with E-state index in [-0.39, 0.29) is 35.2 Å². The molecule has 0 aliphatic carbocycles. The van der Waals surface area contributed by atoms with Gasteiger partial charge >= 0.3 is 15.5 Å². The minimum absolute atomic E-state index is 0.0312. The zero-order valence-corrected chi connectivity index (χ0v) is 17.5. The summed E-state index contributed by atoms with van der Waals surface area (Å²) < 4.78 is 67.5. The summed E-state index contributed by atoms with van der Waals surface area (Å²) in [6, 6.07) is 8.61. The van der Waals surface area contributed by atoms with Gasteiger partial charge in [0.2, 0.25) is 0 Å². The zero-order chi connectivity index (χ0) is 22.4. The van der Waals surface area contributed by atoms with Crippen molar-refractivity contribution in [1.82, 2.24) is 10.2 Å². The molecule has 7 nitrogen and oxygen atoms in total. The molecule has 3 saturated heterocycles. The number of amides is 1. The molecule has 0 radical (unpaired) electrons. The van der Waals surface area contributed by atoms with Crippen LogP contribution in [0, 0.1) is 5.92 Å². The van der Waals surface area contributed by atoms with Gasteiger partial charge in [0.15, 0.2) is 5.76 Å². The van der Waals surface area contributed by atoms with Crippen LogP contribution in [-0.2, 0) is 10.0 Å². The fraction of sp³-hybridized carbons (Fsp3) is 0.450. The Kier molecular flexibility index (Phi) is 5.50. The van der Waals surface area contributed by atoms with E-state index in [1.165, 1.54) is 35.1 Å². The summed E-state index contributed by atoms with van der Waals surface area (Å²) in [7, 11) is -5.53. The normalized spacial score (nSPS) is 25.9. The monoisotopic (exact) mass is 457 g/mol. The topological polar surface area (TPSA) is 91.7 Å². The van der Waals surface area contributed by atoms with Crippen LogP contribution in [0.2, 0.25) is 0 Å². The molecule has 1 amide bonds. The van der Waals surface area contributed by atoms with E-state index in [0.717, 1.165) is 25.9 Å². The van der Waals surface area contributed by atoms with Gasteiger partial charge in [0.25, 0.3) is 5.91 Å². The lowest BCUT2D eigenvalue weighted by Gasteiger charge is -2.49. The van der Waals surface area contributed by atoms with Crippen molar-refractivity contribution in [2.75, 3.05) is 17.8 Å². The van der Waals surface area contributed by atoms with E-state index in [1.807, 2.05) is 0 Å². The third kappa shape index (κ3) is 4.29. The van der Waals surface area contributed by atoms with E-state index in [2.05, 4.69) is 17.1 Å². The highest BCUT2D eigenvalue weighted by Gasteiger charge is 2.46. The molecule has 2 N–H and O–H groups in total. The van der Waals surface area contributed by atoms with Crippen molar-refractivity contribution >= 4 is 21.6 Å². The number of anilines is 1. The molecule has 3 fully saturated rings. The van der Waals surface area contributed by atoms with E-state index >= 15 is 0 Å². The van der Waals surface area contributed by atoms with Crippen molar-refractivity contribution in [3.63, 3.8) is 0 Å². The number of fused-ring (bicyclic) bond motifs is 3. The number of alkyl halides is 3. The van der Waals surface area contributed by atoms with Gasteiger partial charge in [0, 0.05) is 23.3 Å². The molecule has 0 saturated carbocycles. The first kappa shape index (κ1) is 21.7. The number of furan rings is 1. The predicted molar refractivity (Wildman–Crippen MR) is 108 cm³/mol. The highest BCUT2D eigenvalue weighted by Crippen LogP contribution is 2.33. The number of benzene rings is 1. The SMILES string of the molecule is C[C@@H]1[C@H](NC(=O)c2ccc(-c3cccc(NS(=O)(=O)C(F)(F)F)c3)o2)C2CCN1CC2. The van der Waals surface area contributed by atoms with Gasteiger partial charge < -0.3 is 9.73 Å². The Morgan fingerprint density at radius 1 is 1.16 bits per heavy atom. The first-order valence-corrected chi connectivity index (χ1v) is 11.4. The number of nitrogens with zero attached hydrogens (tertiary/aromatic N) is 1. The zero-order valence-electron chi connectivity index (χ0n) is 16.6. The molecule has 11 heteroatoms. The number of carbonyl (C=O) groups excluding carboxylic acids is 1. The van der Waals surface area contributed by atoms with Crippen LogP contribution in [0.25, 0.3) is 11.3 Å². The van der Waals surface area contributed by atoms with Gasteiger partial charge in [-0.25, -0.2) is 0 Å². The van der Waals surface area contributed by atoms with Crippen LogP contribution >= 0.6 is 0 Å². The van der Waals surface area contributed by atoms with Gasteiger partial charge in [-0.15, -0.1) is 0 Å². The number of carbonyl (C=O) groups is 1. The Labute approximate surface area is 177 Å². The molecule has 2 aromatic rings. The second-order valence-corrected chi connectivity index (χ2v) is 9.58. The highest BCUT2D eigenvalue weighted by molar-refractivity contribution is 7.93. The molecular weight excluding hydrogens is 435 g/mol. The summed E-state index contributed by atoms with van der Waals surface area (Å²) in [5.41, 5.74) is -5.36. The van der Waals surface area contributed by atoms with Gasteiger partial charge in [0.05, 0.1) is 0 Å². The Hall–Kier alpha value is -2.53. The summed E-state index contributed by atoms with van der Waals surface area (Å²) in [6.07, 6.45) is 2.08. The molecule has 4 heterocycles. The maximum Gasteiger partial charge on any atom is 0.516 e. The van der Waals surface area contributed by atoms with Crippen LogP contribution in [0.5, 0.6) is 0 Å². The molecule has 31 heavy (non-hydrogen) atoms. The van der Waals surface area contributed by atoms with E-state index in [9.17, 15) is 26.4 Å². The summed E-state index contributed by atoms with van der Waals surface area (Å²) in [6.45, 7) is 4.17.